The molecule has 0 amide bonds. The van der Waals surface area contributed by atoms with Crippen LogP contribution < -0.4 is 9.47 Å². The Labute approximate surface area is 185 Å². The fourth-order valence-electron chi connectivity index (χ4n) is 6.64. The molecule has 0 N–H and O–H groups in total. The minimum absolute atomic E-state index is 0.559. The van der Waals surface area contributed by atoms with Crippen molar-refractivity contribution < 1.29 is 13.9 Å². The van der Waals surface area contributed by atoms with Crippen LogP contribution in [0.3, 0.4) is 0 Å². The van der Waals surface area contributed by atoms with E-state index in [9.17, 15) is 0 Å². The fraction of sp³-hybridized carbons (Fsp3) is 0.692. The maximum atomic E-state index is 6.83. The number of methoxy groups -OCH3 is 2. The first-order valence-electron chi connectivity index (χ1n) is 11.8. The molecule has 4 atom stereocenters. The lowest BCUT2D eigenvalue weighted by Crippen LogP contribution is -2.48. The maximum absolute atomic E-state index is 6.83. The Morgan fingerprint density at radius 3 is 2.03 bits per heavy atom. The second-order valence-corrected chi connectivity index (χ2v) is 15.7. The van der Waals surface area contributed by atoms with Crippen molar-refractivity contribution in [3.05, 3.63) is 29.8 Å². The number of ether oxygens (including phenoxy) is 2. The SMILES string of the molecule is COc1cccc(C2=C[C@@H]3[C@@H](CCO[Si](C(C)C)(C(C)C)C(C)C)[C@@H]3[C@H]2C)c1OC. The Bertz CT molecular complexity index is 746. The molecular weight excluding hydrogens is 388 g/mol. The third-order valence-electron chi connectivity index (χ3n) is 7.96. The van der Waals surface area contributed by atoms with Crippen LogP contribution in [-0.4, -0.2) is 29.1 Å². The summed E-state index contributed by atoms with van der Waals surface area (Å²) in [4.78, 5) is 0. The number of para-hydroxylation sites is 1. The van der Waals surface area contributed by atoms with Crippen molar-refractivity contribution in [2.75, 3.05) is 20.8 Å². The first-order valence-corrected chi connectivity index (χ1v) is 13.9. The van der Waals surface area contributed by atoms with Crippen LogP contribution >= 0.6 is 0 Å². The molecule has 168 valence electrons. The first kappa shape index (κ1) is 23.4. The van der Waals surface area contributed by atoms with E-state index in [1.165, 1.54) is 17.6 Å². The molecule has 1 fully saturated rings. The molecule has 1 saturated carbocycles. The van der Waals surface area contributed by atoms with Gasteiger partial charge in [-0.1, -0.05) is 66.7 Å². The van der Waals surface area contributed by atoms with Crippen LogP contribution in [0, 0.1) is 23.7 Å². The van der Waals surface area contributed by atoms with Crippen LogP contribution in [0.5, 0.6) is 11.5 Å². The Kier molecular flexibility index (Phi) is 7.08. The minimum atomic E-state index is -1.75. The lowest BCUT2D eigenvalue weighted by atomic mass is 9.90. The second kappa shape index (κ2) is 9.08. The molecule has 30 heavy (non-hydrogen) atoms. The average molecular weight is 431 g/mol. The molecule has 1 aromatic rings. The van der Waals surface area contributed by atoms with E-state index in [0.29, 0.717) is 28.5 Å². The van der Waals surface area contributed by atoms with Gasteiger partial charge in [0, 0.05) is 12.2 Å². The van der Waals surface area contributed by atoms with E-state index in [-0.39, 0.29) is 0 Å². The molecule has 3 nitrogen and oxygen atoms in total. The summed E-state index contributed by atoms with van der Waals surface area (Å²) in [5.74, 6) is 4.46. The molecule has 0 aromatic heterocycles. The highest BCUT2D eigenvalue weighted by atomic mass is 28.4. The van der Waals surface area contributed by atoms with Crippen molar-refractivity contribution in [2.45, 2.75) is 71.5 Å². The van der Waals surface area contributed by atoms with Crippen LogP contribution in [-0.2, 0) is 4.43 Å². The zero-order valence-electron chi connectivity index (χ0n) is 20.5. The van der Waals surface area contributed by atoms with E-state index in [4.69, 9.17) is 13.9 Å². The molecule has 1 aromatic carbocycles. The first-order chi connectivity index (χ1) is 14.2. The highest BCUT2D eigenvalue weighted by Crippen LogP contribution is 2.63. The topological polar surface area (TPSA) is 27.7 Å². The largest absolute Gasteiger partial charge is 0.493 e. The van der Waals surface area contributed by atoms with Crippen molar-refractivity contribution in [3.8, 4) is 11.5 Å². The van der Waals surface area contributed by atoms with E-state index in [1.807, 2.05) is 6.07 Å². The van der Waals surface area contributed by atoms with Gasteiger partial charge in [0.05, 0.1) is 14.2 Å². The van der Waals surface area contributed by atoms with Crippen LogP contribution in [0.2, 0.25) is 16.6 Å². The molecule has 2 aliphatic rings. The van der Waals surface area contributed by atoms with Gasteiger partial charge < -0.3 is 13.9 Å². The molecule has 0 heterocycles. The van der Waals surface area contributed by atoms with Crippen LogP contribution in [0.4, 0.5) is 0 Å². The molecule has 0 aliphatic heterocycles. The van der Waals surface area contributed by atoms with E-state index in [1.54, 1.807) is 14.2 Å². The predicted octanol–water partition coefficient (Wildman–Crippen LogP) is 7.18. The van der Waals surface area contributed by atoms with E-state index >= 15 is 0 Å². The minimum Gasteiger partial charge on any atom is -0.493 e. The van der Waals surface area contributed by atoms with E-state index < -0.39 is 8.32 Å². The number of hydrogen-bond donors (Lipinski definition) is 0. The lowest BCUT2D eigenvalue weighted by molar-refractivity contribution is 0.260. The second-order valence-electron chi connectivity index (χ2n) is 10.2. The number of allylic oxidation sites excluding steroid dienone is 2. The van der Waals surface area contributed by atoms with E-state index in [0.717, 1.165) is 29.9 Å². The molecule has 0 radical (unpaired) electrons. The van der Waals surface area contributed by atoms with Gasteiger partial charge in [-0.2, -0.15) is 0 Å². The van der Waals surface area contributed by atoms with Crippen molar-refractivity contribution in [2.24, 2.45) is 23.7 Å². The summed E-state index contributed by atoms with van der Waals surface area (Å²) in [5.41, 5.74) is 4.58. The Morgan fingerprint density at radius 2 is 1.57 bits per heavy atom. The molecule has 2 aliphatic carbocycles. The monoisotopic (exact) mass is 430 g/mol. The molecule has 4 heteroatoms. The molecule has 0 saturated heterocycles. The molecular formula is C26H42O3Si. The molecule has 3 rings (SSSR count). The van der Waals surface area contributed by atoms with Crippen molar-refractivity contribution >= 4 is 13.9 Å². The van der Waals surface area contributed by atoms with Gasteiger partial charge in [0.1, 0.15) is 0 Å². The maximum Gasteiger partial charge on any atom is 0.200 e. The Hall–Kier alpha value is -1.26. The van der Waals surface area contributed by atoms with Gasteiger partial charge in [0.15, 0.2) is 19.8 Å². The number of benzene rings is 1. The van der Waals surface area contributed by atoms with Gasteiger partial charge in [0.2, 0.25) is 0 Å². The zero-order valence-corrected chi connectivity index (χ0v) is 21.5. The van der Waals surface area contributed by atoms with Gasteiger partial charge >= 0.3 is 0 Å². The zero-order chi connectivity index (χ0) is 22.2. The summed E-state index contributed by atoms with van der Waals surface area (Å²) < 4.78 is 18.0. The summed E-state index contributed by atoms with van der Waals surface area (Å²) in [6, 6.07) is 6.20. The summed E-state index contributed by atoms with van der Waals surface area (Å²) in [5, 5.41) is 0. The van der Waals surface area contributed by atoms with Gasteiger partial charge in [-0.3, -0.25) is 0 Å². The van der Waals surface area contributed by atoms with Gasteiger partial charge in [-0.25, -0.2) is 0 Å². The third-order valence-corrected chi connectivity index (χ3v) is 14.1. The summed E-state index contributed by atoms with van der Waals surface area (Å²) in [6.07, 6.45) is 3.70. The standard InChI is InChI=1S/C26H42O3Si/c1-16(2)30(17(3)4,18(5)6)29-14-13-20-23-15-22(19(7)25(20)23)21-11-10-12-24(27-8)26(21)28-9/h10-12,15-20,23,25H,13-14H2,1-9H3/t19-,20+,23+,25-/m0/s1. The van der Waals surface area contributed by atoms with Crippen molar-refractivity contribution in [1.29, 1.82) is 0 Å². The Balaban J connectivity index is 1.67. The molecule has 0 spiro atoms. The van der Waals surface area contributed by atoms with Gasteiger partial charge in [-0.15, -0.1) is 0 Å². The van der Waals surface area contributed by atoms with Crippen LogP contribution in [0.15, 0.2) is 24.3 Å². The smallest absolute Gasteiger partial charge is 0.200 e. The quantitative estimate of drug-likeness (QED) is 0.368. The normalized spacial score (nSPS) is 25.7. The van der Waals surface area contributed by atoms with Gasteiger partial charge in [-0.05, 0) is 58.4 Å². The van der Waals surface area contributed by atoms with Crippen LogP contribution in [0.1, 0.15) is 60.5 Å². The highest BCUT2D eigenvalue weighted by Gasteiger charge is 2.56. The summed E-state index contributed by atoms with van der Waals surface area (Å²) in [6.45, 7) is 17.5. The summed E-state index contributed by atoms with van der Waals surface area (Å²) >= 11 is 0. The number of rotatable bonds is 10. The number of hydrogen-bond acceptors (Lipinski definition) is 3. The predicted molar refractivity (Wildman–Crippen MR) is 129 cm³/mol. The van der Waals surface area contributed by atoms with Crippen molar-refractivity contribution in [1.82, 2.24) is 0 Å². The van der Waals surface area contributed by atoms with E-state index in [2.05, 4.69) is 66.7 Å². The fourth-order valence-corrected chi connectivity index (χ4v) is 12.1. The van der Waals surface area contributed by atoms with Crippen molar-refractivity contribution in [3.63, 3.8) is 0 Å². The van der Waals surface area contributed by atoms with Gasteiger partial charge in [0.25, 0.3) is 0 Å². The number of fused-ring (bicyclic) bond motifs is 1. The van der Waals surface area contributed by atoms with Crippen LogP contribution in [0.25, 0.3) is 5.57 Å². The third kappa shape index (κ3) is 3.86. The lowest BCUT2D eigenvalue weighted by Gasteiger charge is -2.42. The average Bonchev–Trinajstić information content (AvgIpc) is 3.27. The summed E-state index contributed by atoms with van der Waals surface area (Å²) in [7, 11) is 1.68. The Morgan fingerprint density at radius 1 is 0.933 bits per heavy atom. The molecule has 0 bridgehead atoms. The highest BCUT2D eigenvalue weighted by molar-refractivity contribution is 6.77. The molecule has 0 unspecified atom stereocenters.